The minimum Gasteiger partial charge on any atom is -0.354 e. The van der Waals surface area contributed by atoms with Gasteiger partial charge in [0.15, 0.2) is 0 Å². The summed E-state index contributed by atoms with van der Waals surface area (Å²) in [4.78, 5) is 41.7. The molecular formula is C19H16FN3O3S. The molecule has 1 aromatic heterocycles. The van der Waals surface area contributed by atoms with Gasteiger partial charge >= 0.3 is 0 Å². The molecule has 1 aliphatic rings. The number of halogens is 1. The van der Waals surface area contributed by atoms with E-state index < -0.39 is 11.7 Å². The molecule has 3 rings (SSSR count). The summed E-state index contributed by atoms with van der Waals surface area (Å²) in [6, 6.07) is 9.31. The maximum atomic E-state index is 13.1. The summed E-state index contributed by atoms with van der Waals surface area (Å²) in [5, 5.41) is 2.26. The predicted molar refractivity (Wildman–Crippen MR) is 100 cm³/mol. The number of thioether (sulfide) groups is 1. The molecule has 0 unspecified atom stereocenters. The predicted octanol–water partition coefficient (Wildman–Crippen LogP) is 2.62. The van der Waals surface area contributed by atoms with Gasteiger partial charge in [0.25, 0.3) is 11.1 Å². The van der Waals surface area contributed by atoms with Gasteiger partial charge in [0.05, 0.1) is 11.3 Å². The lowest BCUT2D eigenvalue weighted by Crippen LogP contribution is -2.37. The molecule has 138 valence electrons. The first-order valence-corrected chi connectivity index (χ1v) is 9.01. The standard InChI is InChI=1S/C19H16FN3O3S/c20-15-5-1-3-13(9-15)11-17(24)22-7-8-23-18(25)16(27-19(23)26)10-14-4-2-6-21-12-14/h1-6,9-10,12H,7-8,11H2,(H,22,24)/b16-10+. The third-order valence-electron chi connectivity index (χ3n) is 3.77. The zero-order chi connectivity index (χ0) is 19.2. The topological polar surface area (TPSA) is 79.4 Å². The summed E-state index contributed by atoms with van der Waals surface area (Å²) in [7, 11) is 0. The van der Waals surface area contributed by atoms with Crippen molar-refractivity contribution in [3.63, 3.8) is 0 Å². The number of carbonyl (C=O) groups is 3. The van der Waals surface area contributed by atoms with Crippen molar-refractivity contribution in [3.8, 4) is 0 Å². The van der Waals surface area contributed by atoms with Crippen molar-refractivity contribution in [1.29, 1.82) is 0 Å². The van der Waals surface area contributed by atoms with Crippen LogP contribution in [0.2, 0.25) is 0 Å². The largest absolute Gasteiger partial charge is 0.354 e. The fourth-order valence-corrected chi connectivity index (χ4v) is 3.37. The Kier molecular flexibility index (Phi) is 5.97. The van der Waals surface area contributed by atoms with Gasteiger partial charge in [-0.05, 0) is 47.2 Å². The molecule has 3 amide bonds. The Morgan fingerprint density at radius 1 is 1.26 bits per heavy atom. The van der Waals surface area contributed by atoms with Gasteiger partial charge in [0.2, 0.25) is 5.91 Å². The molecule has 6 nitrogen and oxygen atoms in total. The van der Waals surface area contributed by atoms with Gasteiger partial charge in [0, 0.05) is 25.5 Å². The van der Waals surface area contributed by atoms with Gasteiger partial charge in [-0.1, -0.05) is 18.2 Å². The number of carbonyl (C=O) groups excluding carboxylic acids is 3. The molecule has 0 spiro atoms. The fourth-order valence-electron chi connectivity index (χ4n) is 2.51. The molecule has 2 heterocycles. The highest BCUT2D eigenvalue weighted by atomic mass is 32.2. The lowest BCUT2D eigenvalue weighted by Gasteiger charge is -2.13. The van der Waals surface area contributed by atoms with Crippen molar-refractivity contribution in [2.75, 3.05) is 13.1 Å². The Hall–Kier alpha value is -3.00. The van der Waals surface area contributed by atoms with E-state index in [1.807, 2.05) is 0 Å². The summed E-state index contributed by atoms with van der Waals surface area (Å²) in [6.07, 6.45) is 4.86. The SMILES string of the molecule is O=C(Cc1cccc(F)c1)NCCN1C(=O)S/C(=C/c2cccnc2)C1=O. The van der Waals surface area contributed by atoms with Crippen LogP contribution in [0.4, 0.5) is 9.18 Å². The van der Waals surface area contributed by atoms with E-state index in [1.54, 1.807) is 36.7 Å². The summed E-state index contributed by atoms with van der Waals surface area (Å²) in [5.74, 6) is -1.11. The maximum Gasteiger partial charge on any atom is 0.293 e. The second kappa shape index (κ2) is 8.59. The van der Waals surface area contributed by atoms with E-state index in [0.717, 1.165) is 22.2 Å². The van der Waals surface area contributed by atoms with Crippen LogP contribution in [0.25, 0.3) is 6.08 Å². The van der Waals surface area contributed by atoms with E-state index in [2.05, 4.69) is 10.3 Å². The third-order valence-corrected chi connectivity index (χ3v) is 4.67. The van der Waals surface area contributed by atoms with Crippen LogP contribution in [0.3, 0.4) is 0 Å². The maximum absolute atomic E-state index is 13.1. The lowest BCUT2D eigenvalue weighted by molar-refractivity contribution is -0.124. The molecular weight excluding hydrogens is 369 g/mol. The zero-order valence-corrected chi connectivity index (χ0v) is 15.0. The number of hydrogen-bond acceptors (Lipinski definition) is 5. The number of nitrogens with zero attached hydrogens (tertiary/aromatic N) is 2. The first kappa shape index (κ1) is 18.8. The van der Waals surface area contributed by atoms with E-state index in [9.17, 15) is 18.8 Å². The van der Waals surface area contributed by atoms with Crippen LogP contribution in [0.15, 0.2) is 53.7 Å². The summed E-state index contributed by atoms with van der Waals surface area (Å²) in [5.41, 5.74) is 1.28. The Balaban J connectivity index is 1.52. The van der Waals surface area contributed by atoms with Crippen LogP contribution in [-0.2, 0) is 16.0 Å². The van der Waals surface area contributed by atoms with Gasteiger partial charge in [-0.25, -0.2) is 4.39 Å². The monoisotopic (exact) mass is 385 g/mol. The third kappa shape index (κ3) is 5.01. The van der Waals surface area contributed by atoms with Crippen molar-refractivity contribution < 1.29 is 18.8 Å². The summed E-state index contributed by atoms with van der Waals surface area (Å²) < 4.78 is 13.1. The normalized spacial score (nSPS) is 15.4. The molecule has 27 heavy (non-hydrogen) atoms. The zero-order valence-electron chi connectivity index (χ0n) is 14.2. The number of benzene rings is 1. The van der Waals surface area contributed by atoms with E-state index in [1.165, 1.54) is 18.2 Å². The number of imide groups is 1. The van der Waals surface area contributed by atoms with E-state index >= 15 is 0 Å². The van der Waals surface area contributed by atoms with Crippen LogP contribution < -0.4 is 5.32 Å². The molecule has 1 aromatic carbocycles. The number of nitrogens with one attached hydrogen (secondary N) is 1. The van der Waals surface area contributed by atoms with Crippen molar-refractivity contribution >= 4 is 34.9 Å². The highest BCUT2D eigenvalue weighted by molar-refractivity contribution is 8.18. The summed E-state index contributed by atoms with van der Waals surface area (Å²) >= 11 is 0.856. The molecule has 0 saturated carbocycles. The number of aromatic nitrogens is 1. The fraction of sp³-hybridized carbons (Fsp3) is 0.158. The minimum atomic E-state index is -0.404. The second-order valence-corrected chi connectivity index (χ2v) is 6.77. The van der Waals surface area contributed by atoms with Crippen molar-refractivity contribution in [1.82, 2.24) is 15.2 Å². The number of pyridine rings is 1. The van der Waals surface area contributed by atoms with Crippen LogP contribution in [0, 0.1) is 5.82 Å². The Bertz CT molecular complexity index is 902. The lowest BCUT2D eigenvalue weighted by atomic mass is 10.1. The quantitative estimate of drug-likeness (QED) is 0.774. The first-order chi connectivity index (χ1) is 13.0. The molecule has 0 aliphatic carbocycles. The Labute approximate surface area is 159 Å². The highest BCUT2D eigenvalue weighted by Crippen LogP contribution is 2.31. The van der Waals surface area contributed by atoms with Gasteiger partial charge < -0.3 is 5.32 Å². The molecule has 2 aromatic rings. The van der Waals surface area contributed by atoms with Gasteiger partial charge in [0.1, 0.15) is 5.82 Å². The molecule has 8 heteroatoms. The molecule has 1 N–H and O–H groups in total. The summed E-state index contributed by atoms with van der Waals surface area (Å²) in [6.45, 7) is 0.205. The van der Waals surface area contributed by atoms with Gasteiger partial charge in [-0.3, -0.25) is 24.3 Å². The molecule has 0 bridgehead atoms. The highest BCUT2D eigenvalue weighted by Gasteiger charge is 2.34. The smallest absolute Gasteiger partial charge is 0.293 e. The molecule has 0 radical (unpaired) electrons. The van der Waals surface area contributed by atoms with Gasteiger partial charge in [-0.15, -0.1) is 0 Å². The van der Waals surface area contributed by atoms with Gasteiger partial charge in [-0.2, -0.15) is 0 Å². The van der Waals surface area contributed by atoms with Crippen molar-refractivity contribution in [2.24, 2.45) is 0 Å². The first-order valence-electron chi connectivity index (χ1n) is 8.19. The average molecular weight is 385 g/mol. The van der Waals surface area contributed by atoms with Crippen LogP contribution >= 0.6 is 11.8 Å². The minimum absolute atomic E-state index is 0.0283. The van der Waals surface area contributed by atoms with Crippen molar-refractivity contribution in [2.45, 2.75) is 6.42 Å². The molecule has 1 fully saturated rings. The average Bonchev–Trinajstić information content (AvgIpc) is 2.90. The van der Waals surface area contributed by atoms with E-state index in [4.69, 9.17) is 0 Å². The number of amides is 3. The van der Waals surface area contributed by atoms with E-state index in [0.29, 0.717) is 10.5 Å². The Morgan fingerprint density at radius 3 is 2.85 bits per heavy atom. The molecule has 1 saturated heterocycles. The Morgan fingerprint density at radius 2 is 2.11 bits per heavy atom. The van der Waals surface area contributed by atoms with Crippen LogP contribution in [-0.4, -0.2) is 40.0 Å². The second-order valence-electron chi connectivity index (χ2n) is 5.78. The number of hydrogen-bond donors (Lipinski definition) is 1. The van der Waals surface area contributed by atoms with Crippen molar-refractivity contribution in [3.05, 3.63) is 70.6 Å². The molecule has 0 atom stereocenters. The van der Waals surface area contributed by atoms with Crippen LogP contribution in [0.5, 0.6) is 0 Å². The van der Waals surface area contributed by atoms with Crippen LogP contribution in [0.1, 0.15) is 11.1 Å². The molecule has 1 aliphatic heterocycles. The van der Waals surface area contributed by atoms with E-state index in [-0.39, 0.29) is 30.7 Å². The number of rotatable bonds is 6.